The second-order valence-electron chi connectivity index (χ2n) is 5.41. The van der Waals surface area contributed by atoms with Gasteiger partial charge in [0.05, 0.1) is 0 Å². The molecule has 0 aromatic heterocycles. The quantitative estimate of drug-likeness (QED) is 0.474. The average Bonchev–Trinajstić information content (AvgIpc) is 2.53. The summed E-state index contributed by atoms with van der Waals surface area (Å²) in [5.41, 5.74) is 6.53. The van der Waals surface area contributed by atoms with Crippen LogP contribution in [0.1, 0.15) is 43.4 Å². The zero-order valence-corrected chi connectivity index (χ0v) is 14.2. The van der Waals surface area contributed by atoms with Crippen molar-refractivity contribution in [3.63, 3.8) is 0 Å². The molecule has 0 aliphatic rings. The van der Waals surface area contributed by atoms with Gasteiger partial charge in [-0.25, -0.2) is 0 Å². The van der Waals surface area contributed by atoms with E-state index in [0.29, 0.717) is 0 Å². The number of hydrogen-bond donors (Lipinski definition) is 0. The van der Waals surface area contributed by atoms with Crippen molar-refractivity contribution in [2.24, 2.45) is 0 Å². The maximum atomic E-state index is 3.87. The van der Waals surface area contributed by atoms with E-state index in [1.54, 1.807) is 0 Å². The van der Waals surface area contributed by atoms with Crippen molar-refractivity contribution in [3.8, 4) is 0 Å². The van der Waals surface area contributed by atoms with Gasteiger partial charge in [-0.1, -0.05) is 81.7 Å². The molecule has 0 heteroatoms. The van der Waals surface area contributed by atoms with Crippen molar-refractivity contribution >= 4 is 6.08 Å². The van der Waals surface area contributed by atoms with Gasteiger partial charge in [-0.15, -0.1) is 0 Å². The van der Waals surface area contributed by atoms with Crippen molar-refractivity contribution in [1.29, 1.82) is 0 Å². The van der Waals surface area contributed by atoms with Gasteiger partial charge in [0.25, 0.3) is 0 Å². The minimum Gasteiger partial charge on any atom is -0.0991 e. The number of allylic oxidation sites excluding steroid dienone is 7. The number of hydrogen-bond acceptors (Lipinski definition) is 0. The Hall–Kier alpha value is -2.08. The van der Waals surface area contributed by atoms with E-state index in [9.17, 15) is 0 Å². The van der Waals surface area contributed by atoms with Crippen molar-refractivity contribution in [2.75, 3.05) is 0 Å². The van der Waals surface area contributed by atoms with Crippen LogP contribution in [0, 0.1) is 6.92 Å². The Bertz CT molecular complexity index is 594. The van der Waals surface area contributed by atoms with Gasteiger partial charge in [-0.2, -0.15) is 0 Å². The van der Waals surface area contributed by atoms with Crippen molar-refractivity contribution in [1.82, 2.24) is 0 Å². The third kappa shape index (κ3) is 5.73. The molecule has 0 atom stereocenters. The molecular weight excluding hydrogens is 264 g/mol. The van der Waals surface area contributed by atoms with Crippen LogP contribution in [-0.2, 0) is 6.42 Å². The van der Waals surface area contributed by atoms with Crippen LogP contribution in [0.25, 0.3) is 6.08 Å². The SMILES string of the molecule is C=C/C=C(\C=C/Cc1ccc(/C=C(/C=C)CC)c(C)c1)CC. The summed E-state index contributed by atoms with van der Waals surface area (Å²) >= 11 is 0. The molecule has 116 valence electrons. The lowest BCUT2D eigenvalue weighted by molar-refractivity contribution is 1.14. The Kier molecular flexibility index (Phi) is 7.99. The molecule has 1 aromatic carbocycles. The minimum atomic E-state index is 0.960. The van der Waals surface area contributed by atoms with Gasteiger partial charge < -0.3 is 0 Å². The van der Waals surface area contributed by atoms with Crippen LogP contribution >= 0.6 is 0 Å². The van der Waals surface area contributed by atoms with Crippen LogP contribution in [-0.4, -0.2) is 0 Å². The van der Waals surface area contributed by atoms with Gasteiger partial charge in [-0.05, 0) is 54.0 Å². The summed E-state index contributed by atoms with van der Waals surface area (Å²) in [6, 6.07) is 6.69. The van der Waals surface area contributed by atoms with Crippen LogP contribution in [0.5, 0.6) is 0 Å². The lowest BCUT2D eigenvalue weighted by Crippen LogP contribution is -1.88. The molecule has 0 heterocycles. The third-order valence-electron chi connectivity index (χ3n) is 3.77. The van der Waals surface area contributed by atoms with Crippen LogP contribution in [0.3, 0.4) is 0 Å². The zero-order chi connectivity index (χ0) is 16.4. The van der Waals surface area contributed by atoms with Crippen LogP contribution < -0.4 is 0 Å². The van der Waals surface area contributed by atoms with Gasteiger partial charge >= 0.3 is 0 Å². The molecular formula is C22H28. The molecule has 0 fully saturated rings. The molecule has 0 spiro atoms. The van der Waals surface area contributed by atoms with Crippen molar-refractivity contribution < 1.29 is 0 Å². The Labute approximate surface area is 136 Å². The summed E-state index contributed by atoms with van der Waals surface area (Å²) < 4.78 is 0. The Morgan fingerprint density at radius 1 is 1.09 bits per heavy atom. The highest BCUT2D eigenvalue weighted by Crippen LogP contribution is 2.17. The van der Waals surface area contributed by atoms with E-state index >= 15 is 0 Å². The second-order valence-corrected chi connectivity index (χ2v) is 5.41. The lowest BCUT2D eigenvalue weighted by atomic mass is 10.00. The van der Waals surface area contributed by atoms with Gasteiger partial charge in [0.1, 0.15) is 0 Å². The average molecular weight is 292 g/mol. The predicted molar refractivity (Wildman–Crippen MR) is 101 cm³/mol. The maximum Gasteiger partial charge on any atom is -0.00941 e. The first kappa shape index (κ1) is 18.0. The molecule has 0 bridgehead atoms. The summed E-state index contributed by atoms with van der Waals surface area (Å²) in [5, 5.41) is 0. The highest BCUT2D eigenvalue weighted by molar-refractivity contribution is 5.59. The minimum absolute atomic E-state index is 0.960. The lowest BCUT2D eigenvalue weighted by Gasteiger charge is -2.06. The normalized spacial score (nSPS) is 12.7. The van der Waals surface area contributed by atoms with E-state index in [1.165, 1.54) is 27.8 Å². The summed E-state index contributed by atoms with van der Waals surface area (Å²) in [6.07, 6.45) is 15.5. The first-order chi connectivity index (χ1) is 10.6. The Balaban J connectivity index is 2.84. The van der Waals surface area contributed by atoms with Crippen LogP contribution in [0.15, 0.2) is 72.9 Å². The van der Waals surface area contributed by atoms with E-state index in [0.717, 1.165) is 19.3 Å². The van der Waals surface area contributed by atoms with E-state index in [2.05, 4.69) is 76.4 Å². The van der Waals surface area contributed by atoms with E-state index in [1.807, 2.05) is 12.2 Å². The first-order valence-electron chi connectivity index (χ1n) is 8.05. The largest absolute Gasteiger partial charge is 0.0991 e. The van der Waals surface area contributed by atoms with Gasteiger partial charge in [-0.3, -0.25) is 0 Å². The summed E-state index contributed by atoms with van der Waals surface area (Å²) in [6.45, 7) is 14.1. The molecule has 0 radical (unpaired) electrons. The van der Waals surface area contributed by atoms with E-state index in [4.69, 9.17) is 0 Å². The van der Waals surface area contributed by atoms with E-state index in [-0.39, 0.29) is 0 Å². The highest BCUT2D eigenvalue weighted by atomic mass is 14.0. The first-order valence-corrected chi connectivity index (χ1v) is 8.05. The predicted octanol–water partition coefficient (Wildman–Crippen LogP) is 6.60. The number of aryl methyl sites for hydroxylation is 1. The Morgan fingerprint density at radius 2 is 1.82 bits per heavy atom. The third-order valence-corrected chi connectivity index (χ3v) is 3.77. The fourth-order valence-electron chi connectivity index (χ4n) is 2.32. The molecule has 0 saturated carbocycles. The summed E-state index contributed by atoms with van der Waals surface area (Å²) in [7, 11) is 0. The van der Waals surface area contributed by atoms with Crippen LogP contribution in [0.2, 0.25) is 0 Å². The summed E-state index contributed by atoms with van der Waals surface area (Å²) in [4.78, 5) is 0. The van der Waals surface area contributed by atoms with Gasteiger partial charge in [0.2, 0.25) is 0 Å². The molecule has 22 heavy (non-hydrogen) atoms. The van der Waals surface area contributed by atoms with Crippen molar-refractivity contribution in [3.05, 3.63) is 89.6 Å². The summed E-state index contributed by atoms with van der Waals surface area (Å²) in [5.74, 6) is 0. The molecule has 0 unspecified atom stereocenters. The fourth-order valence-corrected chi connectivity index (χ4v) is 2.32. The zero-order valence-electron chi connectivity index (χ0n) is 14.2. The van der Waals surface area contributed by atoms with Gasteiger partial charge in [0, 0.05) is 0 Å². The highest BCUT2D eigenvalue weighted by Gasteiger charge is 1.98. The fraction of sp³-hybridized carbons (Fsp3) is 0.273. The maximum absolute atomic E-state index is 3.87. The van der Waals surface area contributed by atoms with Crippen molar-refractivity contribution in [2.45, 2.75) is 40.0 Å². The smallest absolute Gasteiger partial charge is 0.00941 e. The molecule has 0 N–H and O–H groups in total. The topological polar surface area (TPSA) is 0 Å². The molecule has 1 aromatic rings. The molecule has 0 aliphatic carbocycles. The molecule has 1 rings (SSSR count). The number of benzene rings is 1. The standard InChI is InChI=1S/C22H28/c1-6-11-20(9-4)12-10-13-21-14-15-22(18(5)16-21)17-19(7-2)8-3/h6-7,10-12,14-17H,1-2,8-9,13H2,3-5H3/b12-10-,19-17-,20-11-. The monoisotopic (exact) mass is 292 g/mol. The number of rotatable bonds is 8. The molecule has 0 nitrogen and oxygen atoms in total. The van der Waals surface area contributed by atoms with E-state index < -0.39 is 0 Å². The Morgan fingerprint density at radius 3 is 2.36 bits per heavy atom. The van der Waals surface area contributed by atoms with Crippen LogP contribution in [0.4, 0.5) is 0 Å². The molecule has 0 amide bonds. The molecule has 0 saturated heterocycles. The molecule has 0 aliphatic heterocycles. The van der Waals surface area contributed by atoms with Gasteiger partial charge in [0.15, 0.2) is 0 Å². The second kappa shape index (κ2) is 9.78.